The zero-order valence-electron chi connectivity index (χ0n) is 14.4. The summed E-state index contributed by atoms with van der Waals surface area (Å²) in [5.41, 5.74) is 1.04. The van der Waals surface area contributed by atoms with Crippen LogP contribution >= 0.6 is 11.6 Å². The van der Waals surface area contributed by atoms with Gasteiger partial charge < -0.3 is 14.6 Å². The highest BCUT2D eigenvalue weighted by molar-refractivity contribution is 6.30. The Hall–Kier alpha value is -2.30. The summed E-state index contributed by atoms with van der Waals surface area (Å²) >= 11 is 5.93. The van der Waals surface area contributed by atoms with Crippen LogP contribution in [-0.2, 0) is 16.9 Å². The topological polar surface area (TPSA) is 45.5 Å². The lowest BCUT2D eigenvalue weighted by Gasteiger charge is -2.38. The lowest BCUT2D eigenvalue weighted by molar-refractivity contribution is -0.136. The van der Waals surface area contributed by atoms with E-state index >= 15 is 0 Å². The summed E-state index contributed by atoms with van der Waals surface area (Å²) in [6.45, 7) is 1.43. The van der Waals surface area contributed by atoms with E-state index in [9.17, 15) is 9.90 Å². The van der Waals surface area contributed by atoms with Gasteiger partial charge in [0.2, 0.25) is 5.91 Å². The number of piperidine rings is 1. The van der Waals surface area contributed by atoms with Crippen LogP contribution in [0.2, 0.25) is 5.02 Å². The van der Waals surface area contributed by atoms with Gasteiger partial charge in [-0.1, -0.05) is 41.9 Å². The second-order valence-electron chi connectivity index (χ2n) is 6.92. The Morgan fingerprint density at radius 3 is 2.46 bits per heavy atom. The number of fused-ring (bicyclic) bond motifs is 1. The highest BCUT2D eigenvalue weighted by Crippen LogP contribution is 2.33. The average molecular weight is 369 g/mol. The molecule has 0 radical (unpaired) electrons. The molecule has 1 saturated heterocycles. The van der Waals surface area contributed by atoms with Gasteiger partial charge in [0.05, 0.1) is 5.60 Å². The Kier molecular flexibility index (Phi) is 4.47. The summed E-state index contributed by atoms with van der Waals surface area (Å²) in [5, 5.41) is 12.7. The number of halogens is 1. The number of rotatable bonds is 3. The first kappa shape index (κ1) is 17.1. The quantitative estimate of drug-likeness (QED) is 0.764. The average Bonchev–Trinajstić information content (AvgIpc) is 3.06. The van der Waals surface area contributed by atoms with Crippen LogP contribution in [0.5, 0.6) is 0 Å². The highest BCUT2D eigenvalue weighted by atomic mass is 35.5. The number of para-hydroxylation sites is 1. The van der Waals surface area contributed by atoms with Crippen molar-refractivity contribution in [3.05, 3.63) is 71.4 Å². The molecule has 3 aromatic rings. The van der Waals surface area contributed by atoms with E-state index in [2.05, 4.69) is 0 Å². The minimum absolute atomic E-state index is 0.0875. The van der Waals surface area contributed by atoms with E-state index in [0.29, 0.717) is 37.5 Å². The molecule has 1 amide bonds. The van der Waals surface area contributed by atoms with Gasteiger partial charge in [-0.15, -0.1) is 0 Å². The van der Waals surface area contributed by atoms with Crippen molar-refractivity contribution >= 4 is 28.4 Å². The van der Waals surface area contributed by atoms with Crippen molar-refractivity contribution in [1.82, 2.24) is 9.47 Å². The number of aliphatic hydroxyl groups is 1. The summed E-state index contributed by atoms with van der Waals surface area (Å²) in [6, 6.07) is 17.4. The summed E-state index contributed by atoms with van der Waals surface area (Å²) in [6.07, 6.45) is 3.02. The number of amides is 1. The van der Waals surface area contributed by atoms with E-state index in [4.69, 9.17) is 11.6 Å². The molecule has 4 nitrogen and oxygen atoms in total. The van der Waals surface area contributed by atoms with E-state index in [-0.39, 0.29) is 5.91 Å². The fourth-order valence-corrected chi connectivity index (χ4v) is 3.83. The van der Waals surface area contributed by atoms with Gasteiger partial charge in [-0.3, -0.25) is 4.79 Å². The first-order valence-electron chi connectivity index (χ1n) is 8.85. The number of nitrogens with zero attached hydrogens (tertiary/aromatic N) is 2. The van der Waals surface area contributed by atoms with Gasteiger partial charge in [0.15, 0.2) is 0 Å². The van der Waals surface area contributed by atoms with E-state index in [1.165, 1.54) is 0 Å². The number of carbonyl (C=O) groups is 1. The monoisotopic (exact) mass is 368 g/mol. The van der Waals surface area contributed by atoms with Crippen LogP contribution in [0.15, 0.2) is 60.8 Å². The number of aromatic nitrogens is 1. The molecule has 0 spiro atoms. The van der Waals surface area contributed by atoms with Gasteiger partial charge in [-0.05, 0) is 48.1 Å². The van der Waals surface area contributed by atoms with Crippen LogP contribution in [-0.4, -0.2) is 33.6 Å². The van der Waals surface area contributed by atoms with Gasteiger partial charge >= 0.3 is 0 Å². The Balaban J connectivity index is 1.42. The molecule has 0 unspecified atom stereocenters. The Labute approximate surface area is 157 Å². The molecule has 0 atom stereocenters. The Bertz CT molecular complexity index is 925. The molecule has 0 saturated carbocycles. The summed E-state index contributed by atoms with van der Waals surface area (Å²) in [5.74, 6) is 0.0875. The lowest BCUT2D eigenvalue weighted by Crippen LogP contribution is -2.46. The SMILES string of the molecule is O=C(Cn1ccc2ccccc21)N1CCC(O)(c2ccc(Cl)cc2)CC1. The van der Waals surface area contributed by atoms with E-state index in [0.717, 1.165) is 16.5 Å². The van der Waals surface area contributed by atoms with Crippen LogP contribution in [0.1, 0.15) is 18.4 Å². The molecule has 26 heavy (non-hydrogen) atoms. The van der Waals surface area contributed by atoms with Crippen molar-refractivity contribution in [3.8, 4) is 0 Å². The molecule has 1 aromatic heterocycles. The zero-order chi connectivity index (χ0) is 18.1. The fraction of sp³-hybridized carbons (Fsp3) is 0.286. The van der Waals surface area contributed by atoms with Crippen LogP contribution < -0.4 is 0 Å². The van der Waals surface area contributed by atoms with Crippen LogP contribution in [0.25, 0.3) is 10.9 Å². The van der Waals surface area contributed by atoms with Gasteiger partial charge in [0, 0.05) is 29.8 Å². The lowest BCUT2D eigenvalue weighted by atomic mass is 9.84. The molecular weight excluding hydrogens is 348 g/mol. The van der Waals surface area contributed by atoms with Crippen molar-refractivity contribution < 1.29 is 9.90 Å². The van der Waals surface area contributed by atoms with Crippen LogP contribution in [0.3, 0.4) is 0 Å². The molecule has 2 aromatic carbocycles. The number of benzene rings is 2. The molecule has 0 aliphatic carbocycles. The largest absolute Gasteiger partial charge is 0.385 e. The van der Waals surface area contributed by atoms with Crippen molar-refractivity contribution in [1.29, 1.82) is 0 Å². The first-order chi connectivity index (χ1) is 12.5. The third kappa shape index (κ3) is 3.22. The molecule has 2 heterocycles. The molecule has 134 valence electrons. The predicted octanol–water partition coefficient (Wildman–Crippen LogP) is 3.80. The molecule has 1 fully saturated rings. The fourth-order valence-electron chi connectivity index (χ4n) is 3.70. The molecule has 1 aliphatic rings. The highest BCUT2D eigenvalue weighted by Gasteiger charge is 2.35. The van der Waals surface area contributed by atoms with E-state index in [1.54, 1.807) is 12.1 Å². The molecule has 5 heteroatoms. The number of carbonyl (C=O) groups excluding carboxylic acids is 1. The summed E-state index contributed by atoms with van der Waals surface area (Å²) in [7, 11) is 0. The van der Waals surface area contributed by atoms with Gasteiger partial charge in [-0.25, -0.2) is 0 Å². The second kappa shape index (κ2) is 6.78. The van der Waals surface area contributed by atoms with Crippen molar-refractivity contribution in [3.63, 3.8) is 0 Å². The molecule has 0 bridgehead atoms. The van der Waals surface area contributed by atoms with Gasteiger partial charge in [0.1, 0.15) is 6.54 Å². The van der Waals surface area contributed by atoms with Crippen LogP contribution in [0, 0.1) is 0 Å². The second-order valence-corrected chi connectivity index (χ2v) is 7.36. The normalized spacial score (nSPS) is 16.8. The third-order valence-corrected chi connectivity index (χ3v) is 5.56. The molecular formula is C21H21ClN2O2. The van der Waals surface area contributed by atoms with E-state index in [1.807, 2.05) is 58.1 Å². The van der Waals surface area contributed by atoms with Gasteiger partial charge in [-0.2, -0.15) is 0 Å². The standard InChI is InChI=1S/C21H21ClN2O2/c22-18-7-5-17(6-8-18)21(26)10-13-23(14-11-21)20(25)15-24-12-9-16-3-1-2-4-19(16)24/h1-9,12,26H,10-11,13-15H2. The Morgan fingerprint density at radius 2 is 1.73 bits per heavy atom. The Morgan fingerprint density at radius 1 is 1.04 bits per heavy atom. The van der Waals surface area contributed by atoms with Crippen LogP contribution in [0.4, 0.5) is 0 Å². The summed E-state index contributed by atoms with van der Waals surface area (Å²) < 4.78 is 1.98. The number of hydrogen-bond donors (Lipinski definition) is 1. The minimum Gasteiger partial charge on any atom is -0.385 e. The summed E-state index contributed by atoms with van der Waals surface area (Å²) in [4.78, 5) is 14.6. The molecule has 4 rings (SSSR count). The van der Waals surface area contributed by atoms with E-state index < -0.39 is 5.60 Å². The number of hydrogen-bond acceptors (Lipinski definition) is 2. The molecule has 1 aliphatic heterocycles. The minimum atomic E-state index is -0.887. The predicted molar refractivity (Wildman–Crippen MR) is 103 cm³/mol. The zero-order valence-corrected chi connectivity index (χ0v) is 15.2. The molecule has 1 N–H and O–H groups in total. The maximum Gasteiger partial charge on any atom is 0.242 e. The maximum atomic E-state index is 12.7. The van der Waals surface area contributed by atoms with Crippen molar-refractivity contribution in [2.24, 2.45) is 0 Å². The van der Waals surface area contributed by atoms with Crippen molar-refractivity contribution in [2.45, 2.75) is 25.0 Å². The van der Waals surface area contributed by atoms with Gasteiger partial charge in [0.25, 0.3) is 0 Å². The maximum absolute atomic E-state index is 12.7. The smallest absolute Gasteiger partial charge is 0.242 e. The first-order valence-corrected chi connectivity index (χ1v) is 9.23. The number of likely N-dealkylation sites (tertiary alicyclic amines) is 1. The third-order valence-electron chi connectivity index (χ3n) is 5.31. The van der Waals surface area contributed by atoms with Crippen molar-refractivity contribution in [2.75, 3.05) is 13.1 Å².